The lowest BCUT2D eigenvalue weighted by Crippen LogP contribution is -1.81. The Morgan fingerprint density at radius 2 is 2.06 bits per heavy atom. The summed E-state index contributed by atoms with van der Waals surface area (Å²) in [6.45, 7) is 3.91. The average molecular weight is 244 g/mol. The van der Waals surface area contributed by atoms with E-state index in [2.05, 4.69) is 4.98 Å². The minimum atomic E-state index is 0.771. The van der Waals surface area contributed by atoms with Gasteiger partial charge in [0.25, 0.3) is 0 Å². The monoisotopic (exact) mass is 244 g/mol. The highest BCUT2D eigenvalue weighted by atomic mass is 32.1. The Labute approximate surface area is 103 Å². The number of furan rings is 1. The van der Waals surface area contributed by atoms with Gasteiger partial charge in [0, 0.05) is 5.69 Å². The number of fused-ring (bicyclic) bond motifs is 1. The fraction of sp³-hybridized carbons (Fsp3) is 0.154. The second-order valence-electron chi connectivity index (χ2n) is 4.07. The van der Waals surface area contributed by atoms with Gasteiger partial charge in [0.05, 0.1) is 15.8 Å². The molecule has 3 aromatic rings. The molecular weight excluding hydrogens is 232 g/mol. The number of nitrogens with two attached hydrogens (primary N) is 1. The summed E-state index contributed by atoms with van der Waals surface area (Å²) in [7, 11) is 0. The van der Waals surface area contributed by atoms with Gasteiger partial charge in [-0.3, -0.25) is 0 Å². The number of rotatable bonds is 1. The number of anilines is 1. The molecule has 17 heavy (non-hydrogen) atoms. The number of nitrogens with zero attached hydrogens (tertiary/aromatic N) is 1. The SMILES string of the molecule is Cc1cc(-c2nc3ccc(N)cc3s2)c(C)o1. The number of benzene rings is 1. The van der Waals surface area contributed by atoms with Gasteiger partial charge in [0.2, 0.25) is 0 Å². The van der Waals surface area contributed by atoms with E-state index in [-0.39, 0.29) is 0 Å². The smallest absolute Gasteiger partial charge is 0.128 e. The van der Waals surface area contributed by atoms with Crippen molar-refractivity contribution < 1.29 is 4.42 Å². The number of hydrogen-bond donors (Lipinski definition) is 1. The molecule has 3 rings (SSSR count). The van der Waals surface area contributed by atoms with Crippen molar-refractivity contribution in [1.82, 2.24) is 4.98 Å². The summed E-state index contributed by atoms with van der Waals surface area (Å²) < 4.78 is 6.64. The molecule has 86 valence electrons. The zero-order chi connectivity index (χ0) is 12.0. The van der Waals surface area contributed by atoms with Crippen LogP contribution in [0, 0.1) is 13.8 Å². The number of aromatic nitrogens is 1. The topological polar surface area (TPSA) is 52.0 Å². The van der Waals surface area contributed by atoms with Gasteiger partial charge in [-0.25, -0.2) is 4.98 Å². The minimum Gasteiger partial charge on any atom is -0.466 e. The molecule has 0 saturated carbocycles. The highest BCUT2D eigenvalue weighted by molar-refractivity contribution is 7.21. The van der Waals surface area contributed by atoms with Crippen LogP contribution in [0.3, 0.4) is 0 Å². The van der Waals surface area contributed by atoms with Gasteiger partial charge in [0.15, 0.2) is 0 Å². The number of thiazole rings is 1. The standard InChI is InChI=1S/C13H12N2OS/c1-7-5-10(8(2)16-7)13-15-11-4-3-9(14)6-12(11)17-13/h3-6H,14H2,1-2H3. The predicted molar refractivity (Wildman–Crippen MR) is 71.2 cm³/mol. The zero-order valence-electron chi connectivity index (χ0n) is 9.65. The van der Waals surface area contributed by atoms with E-state index in [1.165, 1.54) is 0 Å². The molecule has 0 saturated heterocycles. The van der Waals surface area contributed by atoms with Gasteiger partial charge < -0.3 is 10.2 Å². The van der Waals surface area contributed by atoms with E-state index in [0.717, 1.165) is 38.0 Å². The van der Waals surface area contributed by atoms with Crippen LogP contribution in [0.4, 0.5) is 5.69 Å². The van der Waals surface area contributed by atoms with Crippen LogP contribution >= 0.6 is 11.3 Å². The van der Waals surface area contributed by atoms with Gasteiger partial charge in [0.1, 0.15) is 16.5 Å². The lowest BCUT2D eigenvalue weighted by Gasteiger charge is -1.89. The van der Waals surface area contributed by atoms with Crippen LogP contribution in [0.5, 0.6) is 0 Å². The molecule has 0 unspecified atom stereocenters. The number of aryl methyl sites for hydroxylation is 2. The Balaban J connectivity index is 2.21. The van der Waals surface area contributed by atoms with Crippen molar-refractivity contribution in [1.29, 1.82) is 0 Å². The third kappa shape index (κ3) is 1.70. The van der Waals surface area contributed by atoms with Crippen molar-refractivity contribution in [3.05, 3.63) is 35.8 Å². The molecule has 2 N–H and O–H groups in total. The van der Waals surface area contributed by atoms with Crippen LogP contribution in [-0.2, 0) is 0 Å². The first-order valence-electron chi connectivity index (χ1n) is 5.37. The highest BCUT2D eigenvalue weighted by Gasteiger charge is 2.12. The van der Waals surface area contributed by atoms with Crippen LogP contribution in [-0.4, -0.2) is 4.98 Å². The second-order valence-corrected chi connectivity index (χ2v) is 5.10. The molecule has 0 amide bonds. The summed E-state index contributed by atoms with van der Waals surface area (Å²) in [5.74, 6) is 1.82. The molecule has 0 aliphatic carbocycles. The summed E-state index contributed by atoms with van der Waals surface area (Å²) in [5.41, 5.74) is 8.59. The first-order chi connectivity index (χ1) is 8.13. The van der Waals surface area contributed by atoms with E-state index in [0.29, 0.717) is 0 Å². The first-order valence-corrected chi connectivity index (χ1v) is 6.18. The number of hydrogen-bond acceptors (Lipinski definition) is 4. The van der Waals surface area contributed by atoms with Gasteiger partial charge >= 0.3 is 0 Å². The van der Waals surface area contributed by atoms with Crippen LogP contribution in [0.25, 0.3) is 20.8 Å². The third-order valence-electron chi connectivity index (χ3n) is 2.68. The first kappa shape index (κ1) is 10.4. The van der Waals surface area contributed by atoms with Crippen LogP contribution in [0.15, 0.2) is 28.7 Å². The summed E-state index contributed by atoms with van der Waals surface area (Å²) in [6.07, 6.45) is 0. The van der Waals surface area contributed by atoms with Crippen molar-refractivity contribution in [3.8, 4) is 10.6 Å². The van der Waals surface area contributed by atoms with Gasteiger partial charge in [-0.1, -0.05) is 0 Å². The number of nitrogen functional groups attached to an aromatic ring is 1. The molecule has 0 aliphatic heterocycles. The van der Waals surface area contributed by atoms with Crippen molar-refractivity contribution in [2.24, 2.45) is 0 Å². The van der Waals surface area contributed by atoms with E-state index in [9.17, 15) is 0 Å². The molecule has 0 fully saturated rings. The molecule has 0 bridgehead atoms. The lowest BCUT2D eigenvalue weighted by atomic mass is 10.2. The maximum absolute atomic E-state index is 5.77. The predicted octanol–water partition coefficient (Wildman–Crippen LogP) is 3.76. The highest BCUT2D eigenvalue weighted by Crippen LogP contribution is 2.34. The minimum absolute atomic E-state index is 0.771. The van der Waals surface area contributed by atoms with E-state index in [4.69, 9.17) is 10.2 Å². The Kier molecular flexibility index (Phi) is 2.19. The maximum atomic E-state index is 5.77. The van der Waals surface area contributed by atoms with E-state index >= 15 is 0 Å². The third-order valence-corrected chi connectivity index (χ3v) is 3.74. The van der Waals surface area contributed by atoms with Gasteiger partial charge in [-0.05, 0) is 38.1 Å². The molecule has 3 nitrogen and oxygen atoms in total. The normalized spacial score (nSPS) is 11.2. The van der Waals surface area contributed by atoms with Crippen molar-refractivity contribution in [2.45, 2.75) is 13.8 Å². The molecule has 2 aromatic heterocycles. The van der Waals surface area contributed by atoms with Crippen molar-refractivity contribution in [2.75, 3.05) is 5.73 Å². The van der Waals surface area contributed by atoms with Crippen molar-refractivity contribution >= 4 is 27.2 Å². The molecule has 2 heterocycles. The lowest BCUT2D eigenvalue weighted by molar-refractivity contribution is 0.505. The van der Waals surface area contributed by atoms with Crippen molar-refractivity contribution in [3.63, 3.8) is 0 Å². The molecule has 1 aromatic carbocycles. The Hall–Kier alpha value is -1.81. The van der Waals surface area contributed by atoms with Gasteiger partial charge in [-0.2, -0.15) is 0 Å². The summed E-state index contributed by atoms with van der Waals surface area (Å²) >= 11 is 1.64. The average Bonchev–Trinajstić information content (AvgIpc) is 2.80. The fourth-order valence-corrected chi connectivity index (χ4v) is 2.98. The maximum Gasteiger partial charge on any atom is 0.128 e. The van der Waals surface area contributed by atoms with Gasteiger partial charge in [-0.15, -0.1) is 11.3 Å². The Bertz CT molecular complexity index is 697. The summed E-state index contributed by atoms with van der Waals surface area (Å²) in [4.78, 5) is 4.60. The molecular formula is C13H12N2OS. The quantitative estimate of drug-likeness (QED) is 0.663. The van der Waals surface area contributed by atoms with Crippen LogP contribution in [0.1, 0.15) is 11.5 Å². The summed E-state index contributed by atoms with van der Waals surface area (Å²) in [6, 6.07) is 7.81. The Morgan fingerprint density at radius 3 is 2.76 bits per heavy atom. The van der Waals surface area contributed by atoms with E-state index in [1.807, 2.05) is 38.1 Å². The van der Waals surface area contributed by atoms with E-state index in [1.54, 1.807) is 11.3 Å². The molecule has 0 aliphatic rings. The van der Waals surface area contributed by atoms with Crippen LogP contribution in [0.2, 0.25) is 0 Å². The molecule has 0 radical (unpaired) electrons. The van der Waals surface area contributed by atoms with E-state index < -0.39 is 0 Å². The summed E-state index contributed by atoms with van der Waals surface area (Å²) in [5, 5.41) is 0.986. The second kappa shape index (κ2) is 3.60. The Morgan fingerprint density at radius 1 is 1.24 bits per heavy atom. The largest absolute Gasteiger partial charge is 0.466 e. The molecule has 0 atom stereocenters. The van der Waals surface area contributed by atoms with Crippen LogP contribution < -0.4 is 5.73 Å². The molecule has 4 heteroatoms. The fourth-order valence-electron chi connectivity index (χ4n) is 1.90. The zero-order valence-corrected chi connectivity index (χ0v) is 10.5. The molecule has 0 spiro atoms.